The fourth-order valence-electron chi connectivity index (χ4n) is 1.76. The lowest BCUT2D eigenvalue weighted by molar-refractivity contribution is 0.586. The number of rotatable bonds is 12. The highest BCUT2D eigenvalue weighted by molar-refractivity contribution is 7.99. The van der Waals surface area contributed by atoms with E-state index in [1.807, 2.05) is 0 Å². The van der Waals surface area contributed by atoms with E-state index in [1.165, 1.54) is 69.3 Å². The van der Waals surface area contributed by atoms with E-state index in [4.69, 9.17) is 0 Å². The smallest absolute Gasteiger partial charge is 0.00651 e. The maximum atomic E-state index is 2.32. The predicted molar refractivity (Wildman–Crippen MR) is 79.4 cm³/mol. The summed E-state index contributed by atoms with van der Waals surface area (Å²) in [5, 5.41) is 0. The van der Waals surface area contributed by atoms with Crippen LogP contribution >= 0.6 is 11.8 Å². The van der Waals surface area contributed by atoms with Crippen LogP contribution < -0.4 is 0 Å². The fraction of sp³-hybridized carbons (Fsp3) is 1.00. The molecule has 0 aromatic carbocycles. The van der Waals surface area contributed by atoms with Gasteiger partial charge in [0.15, 0.2) is 0 Å². The van der Waals surface area contributed by atoms with Crippen LogP contribution in [0.5, 0.6) is 0 Å². The van der Waals surface area contributed by atoms with Crippen LogP contribution in [0.3, 0.4) is 0 Å². The van der Waals surface area contributed by atoms with Crippen molar-refractivity contribution in [1.29, 1.82) is 0 Å². The molecule has 0 aliphatic rings. The van der Waals surface area contributed by atoms with E-state index in [2.05, 4.69) is 32.5 Å². The van der Waals surface area contributed by atoms with E-state index in [0.29, 0.717) is 0 Å². The first-order chi connectivity index (χ1) is 7.77. The van der Waals surface area contributed by atoms with Crippen LogP contribution in [0.25, 0.3) is 0 Å². The van der Waals surface area contributed by atoms with Crippen LogP contribution in [-0.2, 0) is 0 Å². The molecule has 0 bridgehead atoms. The minimum absolute atomic E-state index is 0.881. The first kappa shape index (κ1) is 16.4. The Morgan fingerprint density at radius 1 is 0.750 bits per heavy atom. The lowest BCUT2D eigenvalue weighted by Gasteiger charge is -2.04. The first-order valence-corrected chi connectivity index (χ1v) is 8.50. The summed E-state index contributed by atoms with van der Waals surface area (Å²) < 4.78 is 0. The minimum atomic E-state index is 0.881. The van der Waals surface area contributed by atoms with Crippen molar-refractivity contribution in [3.8, 4) is 0 Å². The largest absolute Gasteiger partial charge is 0.162 e. The number of hydrogen-bond acceptors (Lipinski definition) is 1. The molecule has 0 heterocycles. The molecular formula is C15H32S. The Morgan fingerprint density at radius 3 is 1.88 bits per heavy atom. The monoisotopic (exact) mass is 244 g/mol. The topological polar surface area (TPSA) is 0 Å². The SMILES string of the molecule is CCCCCCCCCCSCCC(C)C. The van der Waals surface area contributed by atoms with Gasteiger partial charge in [-0.2, -0.15) is 11.8 Å². The summed E-state index contributed by atoms with van der Waals surface area (Å²) >= 11 is 2.15. The average Bonchev–Trinajstić information content (AvgIpc) is 2.25. The quantitative estimate of drug-likeness (QED) is 0.385. The lowest BCUT2D eigenvalue weighted by Crippen LogP contribution is -1.91. The molecule has 98 valence electrons. The van der Waals surface area contributed by atoms with E-state index < -0.39 is 0 Å². The van der Waals surface area contributed by atoms with Crippen molar-refractivity contribution in [2.75, 3.05) is 11.5 Å². The zero-order valence-electron chi connectivity index (χ0n) is 11.8. The highest BCUT2D eigenvalue weighted by Crippen LogP contribution is 2.13. The maximum Gasteiger partial charge on any atom is -0.00651 e. The van der Waals surface area contributed by atoms with Gasteiger partial charge in [0.05, 0.1) is 0 Å². The van der Waals surface area contributed by atoms with Gasteiger partial charge >= 0.3 is 0 Å². The molecule has 0 saturated carbocycles. The van der Waals surface area contributed by atoms with Crippen molar-refractivity contribution >= 4 is 11.8 Å². The van der Waals surface area contributed by atoms with Crippen molar-refractivity contribution in [1.82, 2.24) is 0 Å². The highest BCUT2D eigenvalue weighted by Gasteiger charge is 1.95. The number of thioether (sulfide) groups is 1. The second-order valence-corrected chi connectivity index (χ2v) is 6.49. The van der Waals surface area contributed by atoms with Gasteiger partial charge in [0, 0.05) is 0 Å². The molecule has 0 aliphatic carbocycles. The summed E-state index contributed by atoms with van der Waals surface area (Å²) in [6, 6.07) is 0. The summed E-state index contributed by atoms with van der Waals surface area (Å²) in [5.41, 5.74) is 0. The molecular weight excluding hydrogens is 212 g/mol. The van der Waals surface area contributed by atoms with E-state index in [9.17, 15) is 0 Å². The molecule has 0 amide bonds. The van der Waals surface area contributed by atoms with Gasteiger partial charge in [-0.1, -0.05) is 65.7 Å². The van der Waals surface area contributed by atoms with Crippen LogP contribution in [0.15, 0.2) is 0 Å². The van der Waals surface area contributed by atoms with Crippen molar-refractivity contribution in [2.45, 2.75) is 78.6 Å². The summed E-state index contributed by atoms with van der Waals surface area (Å²) in [6.45, 7) is 6.92. The molecule has 0 unspecified atom stereocenters. The Balaban J connectivity index is 2.88. The highest BCUT2D eigenvalue weighted by atomic mass is 32.2. The van der Waals surface area contributed by atoms with Crippen molar-refractivity contribution < 1.29 is 0 Å². The number of hydrogen-bond donors (Lipinski definition) is 0. The second kappa shape index (κ2) is 13.4. The molecule has 0 saturated heterocycles. The summed E-state index contributed by atoms with van der Waals surface area (Å²) in [7, 11) is 0. The van der Waals surface area contributed by atoms with Gasteiger partial charge in [-0.15, -0.1) is 0 Å². The summed E-state index contributed by atoms with van der Waals surface area (Å²) in [5.74, 6) is 3.64. The predicted octanol–water partition coefficient (Wildman–Crippen LogP) is 5.91. The van der Waals surface area contributed by atoms with Crippen LogP contribution in [0, 0.1) is 5.92 Å². The Bertz CT molecular complexity index is 121. The van der Waals surface area contributed by atoms with Gasteiger partial charge in [0.25, 0.3) is 0 Å². The van der Waals surface area contributed by atoms with Gasteiger partial charge in [-0.05, 0) is 30.3 Å². The molecule has 0 rings (SSSR count). The van der Waals surface area contributed by atoms with E-state index in [-0.39, 0.29) is 0 Å². The van der Waals surface area contributed by atoms with E-state index in [1.54, 1.807) is 0 Å². The van der Waals surface area contributed by atoms with E-state index in [0.717, 1.165) is 5.92 Å². The molecule has 0 radical (unpaired) electrons. The molecule has 0 aromatic rings. The number of unbranched alkanes of at least 4 members (excludes halogenated alkanes) is 7. The van der Waals surface area contributed by atoms with Crippen LogP contribution in [-0.4, -0.2) is 11.5 Å². The summed E-state index contributed by atoms with van der Waals surface area (Å²) in [6.07, 6.45) is 13.0. The molecule has 0 spiro atoms. The van der Waals surface area contributed by atoms with Crippen molar-refractivity contribution in [3.63, 3.8) is 0 Å². The third-order valence-corrected chi connectivity index (χ3v) is 4.08. The van der Waals surface area contributed by atoms with E-state index >= 15 is 0 Å². The first-order valence-electron chi connectivity index (χ1n) is 7.35. The average molecular weight is 244 g/mol. The fourth-order valence-corrected chi connectivity index (χ4v) is 3.01. The maximum absolute atomic E-state index is 2.32. The molecule has 0 aromatic heterocycles. The molecule has 0 N–H and O–H groups in total. The Morgan fingerprint density at radius 2 is 1.31 bits per heavy atom. The third-order valence-electron chi connectivity index (χ3n) is 2.98. The molecule has 0 nitrogen and oxygen atoms in total. The van der Waals surface area contributed by atoms with Gasteiger partial charge in [0.1, 0.15) is 0 Å². The zero-order chi connectivity index (χ0) is 12.1. The molecule has 0 aliphatic heterocycles. The van der Waals surface area contributed by atoms with Gasteiger partial charge < -0.3 is 0 Å². The standard InChI is InChI=1S/C15H32S/c1-4-5-6-7-8-9-10-11-13-16-14-12-15(2)3/h15H,4-14H2,1-3H3. The van der Waals surface area contributed by atoms with Crippen LogP contribution in [0.4, 0.5) is 0 Å². The Kier molecular flexibility index (Phi) is 13.7. The Labute approximate surface area is 108 Å². The van der Waals surface area contributed by atoms with Crippen LogP contribution in [0.2, 0.25) is 0 Å². The van der Waals surface area contributed by atoms with Crippen molar-refractivity contribution in [2.24, 2.45) is 5.92 Å². The molecule has 0 atom stereocenters. The summed E-state index contributed by atoms with van der Waals surface area (Å²) in [4.78, 5) is 0. The van der Waals surface area contributed by atoms with Gasteiger partial charge in [0.2, 0.25) is 0 Å². The molecule has 0 fully saturated rings. The zero-order valence-corrected chi connectivity index (χ0v) is 12.6. The molecule has 16 heavy (non-hydrogen) atoms. The van der Waals surface area contributed by atoms with Gasteiger partial charge in [-0.25, -0.2) is 0 Å². The lowest BCUT2D eigenvalue weighted by atomic mass is 10.1. The molecule has 1 heteroatoms. The normalized spacial score (nSPS) is 11.2. The second-order valence-electron chi connectivity index (χ2n) is 5.27. The third kappa shape index (κ3) is 14.4. The van der Waals surface area contributed by atoms with Gasteiger partial charge in [-0.3, -0.25) is 0 Å². The minimum Gasteiger partial charge on any atom is -0.162 e. The Hall–Kier alpha value is 0.350. The van der Waals surface area contributed by atoms with Crippen molar-refractivity contribution in [3.05, 3.63) is 0 Å². The van der Waals surface area contributed by atoms with Crippen LogP contribution in [0.1, 0.15) is 78.6 Å².